The fourth-order valence-electron chi connectivity index (χ4n) is 3.31. The van der Waals surface area contributed by atoms with Gasteiger partial charge in [0.1, 0.15) is 11.6 Å². The first-order valence-corrected chi connectivity index (χ1v) is 11.2. The zero-order chi connectivity index (χ0) is 24.3. The lowest BCUT2D eigenvalue weighted by molar-refractivity contribution is -0.284. The van der Waals surface area contributed by atoms with Crippen molar-refractivity contribution in [2.24, 2.45) is 0 Å². The van der Waals surface area contributed by atoms with Gasteiger partial charge in [-0.1, -0.05) is 34.5 Å². The average Bonchev–Trinajstić information content (AvgIpc) is 3.23. The monoisotopic (exact) mass is 506 g/mol. The Kier molecular flexibility index (Phi) is 7.34. The molecule has 0 N–H and O–H groups in total. The maximum absolute atomic E-state index is 13.0. The number of rotatable bonds is 6. The van der Waals surface area contributed by atoms with Crippen LogP contribution >= 0.6 is 23.2 Å². The molecule has 1 unspecified atom stereocenters. The van der Waals surface area contributed by atoms with Gasteiger partial charge in [0.15, 0.2) is 18.6 Å². The molecule has 3 heterocycles. The Morgan fingerprint density at radius 2 is 2.00 bits per heavy atom. The van der Waals surface area contributed by atoms with E-state index in [1.165, 1.54) is 14.8 Å². The first-order chi connectivity index (χ1) is 16.2. The molecule has 3 aromatic rings. The van der Waals surface area contributed by atoms with Gasteiger partial charge in [-0.05, 0) is 50.6 Å². The van der Waals surface area contributed by atoms with Crippen LogP contribution in [0.15, 0.2) is 48.9 Å². The fraction of sp³-hybridized carbons (Fsp3) is 0.364. The number of esters is 1. The first-order valence-electron chi connectivity index (χ1n) is 10.5. The number of carbonyl (C=O) groups excluding carboxylic acids is 1. The van der Waals surface area contributed by atoms with E-state index in [1.54, 1.807) is 36.8 Å². The van der Waals surface area contributed by atoms with Gasteiger partial charge in [0.05, 0.1) is 17.6 Å². The summed E-state index contributed by atoms with van der Waals surface area (Å²) in [6, 6.07) is 8.17. The number of carbonyl (C=O) groups is 1. The van der Waals surface area contributed by atoms with Crippen molar-refractivity contribution in [2.75, 3.05) is 18.5 Å². The normalized spacial score (nSPS) is 15.9. The molecule has 1 atom stereocenters. The minimum Gasteiger partial charge on any atom is -0.459 e. The van der Waals surface area contributed by atoms with Crippen LogP contribution in [0.4, 0.5) is 5.69 Å². The molecule has 1 fully saturated rings. The van der Waals surface area contributed by atoms with Crippen LogP contribution in [0.2, 0.25) is 10.2 Å². The highest BCUT2D eigenvalue weighted by molar-refractivity contribution is 6.31. The van der Waals surface area contributed by atoms with E-state index >= 15 is 0 Å². The number of benzene rings is 1. The number of anilines is 1. The first kappa shape index (κ1) is 24.4. The van der Waals surface area contributed by atoms with Crippen LogP contribution in [-0.2, 0) is 25.6 Å². The van der Waals surface area contributed by atoms with Gasteiger partial charge in [0, 0.05) is 23.8 Å². The zero-order valence-electron chi connectivity index (χ0n) is 18.9. The smallest absolute Gasteiger partial charge is 0.326 e. The third kappa shape index (κ3) is 6.02. The maximum Gasteiger partial charge on any atom is 0.326 e. The van der Waals surface area contributed by atoms with E-state index in [2.05, 4.69) is 15.3 Å². The van der Waals surface area contributed by atoms with Gasteiger partial charge in [-0.3, -0.25) is 19.5 Å². The molecule has 180 valence electrons. The van der Waals surface area contributed by atoms with E-state index in [1.807, 2.05) is 32.9 Å². The van der Waals surface area contributed by atoms with Gasteiger partial charge in [-0.25, -0.2) is 9.75 Å². The number of aromatic nitrogens is 4. The Morgan fingerprint density at radius 1 is 1.18 bits per heavy atom. The lowest BCUT2D eigenvalue weighted by Gasteiger charge is -2.38. The summed E-state index contributed by atoms with van der Waals surface area (Å²) in [5.74, 6) is -0.422. The molecular weight excluding hydrogens is 483 g/mol. The van der Waals surface area contributed by atoms with E-state index in [0.717, 1.165) is 5.56 Å². The molecule has 2 aromatic heterocycles. The van der Waals surface area contributed by atoms with Crippen LogP contribution in [0.5, 0.6) is 0 Å². The molecule has 0 radical (unpaired) electrons. The standard InChI is InChI=1S/C22H24Cl2N6O4/c1-22(2,3)34-21(31)19(9-15-5-4-8-25-11-15)30-14-32-29(13-33-30)18-10-16(23)6-7-17(18)28-12-20(24)26-27-28/h4-8,10-12,19H,9,13-14H2,1-3H3. The lowest BCUT2D eigenvalue weighted by Crippen LogP contribution is -2.52. The Hall–Kier alpha value is -2.76. The zero-order valence-corrected chi connectivity index (χ0v) is 20.4. The summed E-state index contributed by atoms with van der Waals surface area (Å²) >= 11 is 12.2. The largest absolute Gasteiger partial charge is 0.459 e. The number of pyridine rings is 1. The second-order valence-corrected chi connectivity index (χ2v) is 9.37. The van der Waals surface area contributed by atoms with Crippen molar-refractivity contribution < 1.29 is 19.2 Å². The number of hydrogen-bond donors (Lipinski definition) is 0. The summed E-state index contributed by atoms with van der Waals surface area (Å²) in [5, 5.41) is 11.6. The third-order valence-electron chi connectivity index (χ3n) is 4.78. The molecule has 1 saturated heterocycles. The fourth-order valence-corrected chi connectivity index (χ4v) is 3.61. The number of hydrogen-bond acceptors (Lipinski definition) is 9. The molecule has 0 spiro atoms. The Balaban J connectivity index is 1.53. The number of hydroxylamine groups is 3. The second kappa shape index (κ2) is 10.2. The highest BCUT2D eigenvalue weighted by Crippen LogP contribution is 2.30. The molecule has 1 aliphatic heterocycles. The summed E-state index contributed by atoms with van der Waals surface area (Å²) in [6.45, 7) is 5.41. The minimum atomic E-state index is -0.737. The predicted octanol–water partition coefficient (Wildman–Crippen LogP) is 3.82. The van der Waals surface area contributed by atoms with Crippen molar-refractivity contribution >= 4 is 34.9 Å². The summed E-state index contributed by atoms with van der Waals surface area (Å²) in [7, 11) is 0. The Bertz CT molecular complexity index is 1130. The molecule has 0 aliphatic carbocycles. The summed E-state index contributed by atoms with van der Waals surface area (Å²) in [6.07, 6.45) is 5.29. The molecule has 1 aromatic carbocycles. The summed E-state index contributed by atoms with van der Waals surface area (Å²) in [5.41, 5.74) is 1.45. The molecule has 0 amide bonds. The molecule has 10 nitrogen and oxygen atoms in total. The number of nitrogens with zero attached hydrogens (tertiary/aromatic N) is 6. The van der Waals surface area contributed by atoms with Gasteiger partial charge < -0.3 is 4.74 Å². The summed E-state index contributed by atoms with van der Waals surface area (Å²) < 4.78 is 7.14. The highest BCUT2D eigenvalue weighted by atomic mass is 35.5. The molecule has 34 heavy (non-hydrogen) atoms. The van der Waals surface area contributed by atoms with Gasteiger partial charge in [-0.15, -0.1) is 10.2 Å². The van der Waals surface area contributed by atoms with Crippen LogP contribution in [-0.4, -0.2) is 56.1 Å². The average molecular weight is 507 g/mol. The molecule has 12 heteroatoms. The van der Waals surface area contributed by atoms with Crippen LogP contribution in [0, 0.1) is 0 Å². The topological polar surface area (TPSA) is 94.8 Å². The van der Waals surface area contributed by atoms with Crippen LogP contribution < -0.4 is 5.06 Å². The molecule has 0 bridgehead atoms. The van der Waals surface area contributed by atoms with Crippen molar-refractivity contribution in [2.45, 2.75) is 38.8 Å². The lowest BCUT2D eigenvalue weighted by atomic mass is 10.1. The Labute approximate surface area is 206 Å². The van der Waals surface area contributed by atoms with E-state index in [4.69, 9.17) is 37.6 Å². The number of halogens is 2. The molecular formula is C22H24Cl2N6O4. The number of ether oxygens (including phenoxy) is 1. The second-order valence-electron chi connectivity index (χ2n) is 8.55. The minimum absolute atomic E-state index is 0.0118. The van der Waals surface area contributed by atoms with Gasteiger partial charge in [-0.2, -0.15) is 0 Å². The van der Waals surface area contributed by atoms with Gasteiger partial charge >= 0.3 is 5.97 Å². The third-order valence-corrected chi connectivity index (χ3v) is 5.19. The van der Waals surface area contributed by atoms with Crippen molar-refractivity contribution in [1.82, 2.24) is 25.0 Å². The van der Waals surface area contributed by atoms with E-state index in [0.29, 0.717) is 22.8 Å². The quantitative estimate of drug-likeness (QED) is 0.462. The Morgan fingerprint density at radius 3 is 2.62 bits per heavy atom. The highest BCUT2D eigenvalue weighted by Gasteiger charge is 2.35. The van der Waals surface area contributed by atoms with Gasteiger partial charge in [0.2, 0.25) is 0 Å². The van der Waals surface area contributed by atoms with E-state index in [9.17, 15) is 4.79 Å². The van der Waals surface area contributed by atoms with Crippen molar-refractivity contribution in [1.29, 1.82) is 0 Å². The van der Waals surface area contributed by atoms with Crippen molar-refractivity contribution in [3.05, 3.63) is 64.7 Å². The maximum atomic E-state index is 13.0. The van der Waals surface area contributed by atoms with E-state index in [-0.39, 0.29) is 18.6 Å². The van der Waals surface area contributed by atoms with Crippen molar-refractivity contribution in [3.63, 3.8) is 0 Å². The molecule has 1 aliphatic rings. The van der Waals surface area contributed by atoms with Gasteiger partial charge in [0.25, 0.3) is 0 Å². The SMILES string of the molecule is CC(C)(C)OC(=O)C(Cc1cccnc1)N1CON(c2cc(Cl)ccc2-n2cc(Cl)nn2)CO1. The molecule has 0 saturated carbocycles. The van der Waals surface area contributed by atoms with Crippen LogP contribution in [0.25, 0.3) is 5.69 Å². The molecule has 4 rings (SSSR count). The van der Waals surface area contributed by atoms with Crippen molar-refractivity contribution in [3.8, 4) is 5.69 Å². The van der Waals surface area contributed by atoms with Crippen LogP contribution in [0.3, 0.4) is 0 Å². The van der Waals surface area contributed by atoms with Crippen LogP contribution in [0.1, 0.15) is 26.3 Å². The summed E-state index contributed by atoms with van der Waals surface area (Å²) in [4.78, 5) is 29.1. The predicted molar refractivity (Wildman–Crippen MR) is 125 cm³/mol. The van der Waals surface area contributed by atoms with E-state index < -0.39 is 17.6 Å².